The van der Waals surface area contributed by atoms with E-state index < -0.39 is 6.10 Å². The summed E-state index contributed by atoms with van der Waals surface area (Å²) in [7, 11) is 0. The van der Waals surface area contributed by atoms with Crippen LogP contribution in [0.5, 0.6) is 0 Å². The average molecular weight is 365 g/mol. The molecule has 0 saturated heterocycles. The normalized spacial score (nSPS) is 11.7. The molecule has 1 aromatic carbocycles. The van der Waals surface area contributed by atoms with Crippen LogP contribution in [0.15, 0.2) is 22.7 Å². The first-order chi connectivity index (χ1) is 6.65. The van der Waals surface area contributed by atoms with Gasteiger partial charge in [0, 0.05) is 14.5 Å². The van der Waals surface area contributed by atoms with Crippen molar-refractivity contribution in [3.8, 4) is 11.8 Å². The zero-order valence-electron chi connectivity index (χ0n) is 7.72. The van der Waals surface area contributed by atoms with Crippen LogP contribution in [-0.4, -0.2) is 5.11 Å². The topological polar surface area (TPSA) is 20.2 Å². The van der Waals surface area contributed by atoms with Crippen LogP contribution >= 0.6 is 38.5 Å². The third kappa shape index (κ3) is 3.26. The van der Waals surface area contributed by atoms with Crippen molar-refractivity contribution in [3.63, 3.8) is 0 Å². The predicted molar refractivity (Wildman–Crippen MR) is 69.9 cm³/mol. The van der Waals surface area contributed by atoms with E-state index in [1.165, 1.54) is 0 Å². The maximum Gasteiger partial charge on any atom is 0.0909 e. The molecule has 14 heavy (non-hydrogen) atoms. The van der Waals surface area contributed by atoms with Crippen molar-refractivity contribution in [2.75, 3.05) is 0 Å². The van der Waals surface area contributed by atoms with Crippen molar-refractivity contribution in [1.29, 1.82) is 0 Å². The van der Waals surface area contributed by atoms with E-state index >= 15 is 0 Å². The minimum atomic E-state index is -0.494. The van der Waals surface area contributed by atoms with Gasteiger partial charge in [-0.15, -0.1) is 11.8 Å². The third-order valence-electron chi connectivity index (χ3n) is 1.79. The molecular weight excluding hydrogens is 355 g/mol. The maximum absolute atomic E-state index is 9.83. The standard InChI is InChI=1S/C11H10BrIO/c1-2-3-4-11(14)9-7-8(12)5-6-10(9)13/h5-7,11,14H,4H2,1H3. The highest BCUT2D eigenvalue weighted by Gasteiger charge is 2.09. The number of hydrogen-bond donors (Lipinski definition) is 1. The van der Waals surface area contributed by atoms with Gasteiger partial charge in [0.1, 0.15) is 0 Å². The molecule has 0 bridgehead atoms. The number of aliphatic hydroxyl groups is 1. The van der Waals surface area contributed by atoms with Gasteiger partial charge in [-0.1, -0.05) is 15.9 Å². The number of aliphatic hydroxyl groups excluding tert-OH is 1. The van der Waals surface area contributed by atoms with E-state index in [9.17, 15) is 5.11 Å². The van der Waals surface area contributed by atoms with Crippen molar-refractivity contribution >= 4 is 38.5 Å². The van der Waals surface area contributed by atoms with Gasteiger partial charge in [-0.2, -0.15) is 0 Å². The van der Waals surface area contributed by atoms with E-state index in [4.69, 9.17) is 0 Å². The summed E-state index contributed by atoms with van der Waals surface area (Å²) in [6, 6.07) is 5.87. The lowest BCUT2D eigenvalue weighted by molar-refractivity contribution is 0.183. The van der Waals surface area contributed by atoms with Crippen molar-refractivity contribution in [2.24, 2.45) is 0 Å². The molecule has 1 atom stereocenters. The van der Waals surface area contributed by atoms with E-state index in [-0.39, 0.29) is 0 Å². The molecule has 74 valence electrons. The molecule has 0 aromatic heterocycles. The second-order valence-electron chi connectivity index (χ2n) is 2.81. The second-order valence-corrected chi connectivity index (χ2v) is 4.89. The average Bonchev–Trinajstić information content (AvgIpc) is 2.18. The van der Waals surface area contributed by atoms with Gasteiger partial charge in [0.2, 0.25) is 0 Å². The van der Waals surface area contributed by atoms with Crippen LogP contribution in [0.1, 0.15) is 25.0 Å². The SMILES string of the molecule is CC#CCC(O)c1cc(Br)ccc1I. The van der Waals surface area contributed by atoms with Gasteiger partial charge in [-0.25, -0.2) is 0 Å². The number of hydrogen-bond acceptors (Lipinski definition) is 1. The van der Waals surface area contributed by atoms with E-state index in [1.807, 2.05) is 18.2 Å². The van der Waals surface area contributed by atoms with Crippen molar-refractivity contribution < 1.29 is 5.11 Å². The lowest BCUT2D eigenvalue weighted by Crippen LogP contribution is -1.98. The highest BCUT2D eigenvalue weighted by atomic mass is 127. The van der Waals surface area contributed by atoms with E-state index in [0.29, 0.717) is 6.42 Å². The summed E-state index contributed by atoms with van der Waals surface area (Å²) in [6.07, 6.45) is -0.00461. The van der Waals surface area contributed by atoms with Crippen LogP contribution in [0.25, 0.3) is 0 Å². The monoisotopic (exact) mass is 364 g/mol. The van der Waals surface area contributed by atoms with E-state index in [2.05, 4.69) is 50.4 Å². The zero-order chi connectivity index (χ0) is 10.6. The number of halogens is 2. The Balaban J connectivity index is 2.91. The van der Waals surface area contributed by atoms with Gasteiger partial charge >= 0.3 is 0 Å². The second kappa shape index (κ2) is 5.74. The minimum Gasteiger partial charge on any atom is -0.387 e. The molecule has 0 heterocycles. The fraction of sp³-hybridized carbons (Fsp3) is 0.273. The van der Waals surface area contributed by atoms with Crippen molar-refractivity contribution in [3.05, 3.63) is 31.8 Å². The summed E-state index contributed by atoms with van der Waals surface area (Å²) in [5.41, 5.74) is 0.933. The maximum atomic E-state index is 9.83. The molecule has 0 amide bonds. The molecule has 0 aliphatic carbocycles. The molecular formula is C11H10BrIO. The minimum absolute atomic E-state index is 0.489. The zero-order valence-corrected chi connectivity index (χ0v) is 11.5. The summed E-state index contributed by atoms with van der Waals surface area (Å²) in [6.45, 7) is 1.78. The van der Waals surface area contributed by atoms with Gasteiger partial charge in [-0.05, 0) is 53.3 Å². The highest BCUT2D eigenvalue weighted by molar-refractivity contribution is 14.1. The van der Waals surface area contributed by atoms with Gasteiger partial charge in [0.25, 0.3) is 0 Å². The summed E-state index contributed by atoms with van der Waals surface area (Å²) in [5, 5.41) is 9.83. The fourth-order valence-electron chi connectivity index (χ4n) is 1.08. The van der Waals surface area contributed by atoms with Crippen LogP contribution in [0, 0.1) is 15.4 Å². The third-order valence-corrected chi connectivity index (χ3v) is 3.26. The molecule has 1 unspecified atom stereocenters. The first kappa shape index (κ1) is 12.0. The fourth-order valence-corrected chi connectivity index (χ4v) is 2.15. The largest absolute Gasteiger partial charge is 0.387 e. The molecule has 0 saturated carbocycles. The van der Waals surface area contributed by atoms with Crippen LogP contribution < -0.4 is 0 Å². The molecule has 1 N–H and O–H groups in total. The Morgan fingerprint density at radius 1 is 1.57 bits per heavy atom. The molecule has 0 spiro atoms. The van der Waals surface area contributed by atoms with Crippen LogP contribution in [-0.2, 0) is 0 Å². The Morgan fingerprint density at radius 2 is 2.29 bits per heavy atom. The Hall–Kier alpha value is -0.0500. The Labute approximate surface area is 106 Å². The Bertz CT molecular complexity index is 379. The molecule has 1 nitrogen and oxygen atoms in total. The molecule has 3 heteroatoms. The first-order valence-electron chi connectivity index (χ1n) is 4.17. The van der Waals surface area contributed by atoms with Crippen LogP contribution in [0.3, 0.4) is 0 Å². The van der Waals surface area contributed by atoms with E-state index in [1.54, 1.807) is 6.92 Å². The highest BCUT2D eigenvalue weighted by Crippen LogP contribution is 2.25. The number of benzene rings is 1. The molecule has 0 aliphatic rings. The lowest BCUT2D eigenvalue weighted by atomic mass is 10.1. The summed E-state index contributed by atoms with van der Waals surface area (Å²) >= 11 is 5.60. The van der Waals surface area contributed by atoms with Gasteiger partial charge in [-0.3, -0.25) is 0 Å². The molecule has 1 aromatic rings. The molecule has 0 fully saturated rings. The summed E-state index contributed by atoms with van der Waals surface area (Å²) < 4.78 is 2.05. The quantitative estimate of drug-likeness (QED) is 0.629. The molecule has 0 aliphatic heterocycles. The smallest absolute Gasteiger partial charge is 0.0909 e. The Kier molecular flexibility index (Phi) is 4.93. The molecule has 0 radical (unpaired) electrons. The predicted octanol–water partition coefficient (Wildman–Crippen LogP) is 3.50. The summed E-state index contributed by atoms with van der Waals surface area (Å²) in [4.78, 5) is 0. The van der Waals surface area contributed by atoms with E-state index in [0.717, 1.165) is 13.6 Å². The number of rotatable bonds is 2. The first-order valence-corrected chi connectivity index (χ1v) is 6.05. The van der Waals surface area contributed by atoms with Crippen LogP contribution in [0.2, 0.25) is 0 Å². The van der Waals surface area contributed by atoms with Gasteiger partial charge < -0.3 is 5.11 Å². The van der Waals surface area contributed by atoms with Crippen LogP contribution in [0.4, 0.5) is 0 Å². The van der Waals surface area contributed by atoms with Crippen molar-refractivity contribution in [1.82, 2.24) is 0 Å². The van der Waals surface area contributed by atoms with Gasteiger partial charge in [0.15, 0.2) is 0 Å². The summed E-state index contributed by atoms with van der Waals surface area (Å²) in [5.74, 6) is 5.65. The lowest BCUT2D eigenvalue weighted by Gasteiger charge is -2.10. The van der Waals surface area contributed by atoms with Gasteiger partial charge in [0.05, 0.1) is 6.10 Å². The molecule has 1 rings (SSSR count). The Morgan fingerprint density at radius 3 is 2.93 bits per heavy atom. The van der Waals surface area contributed by atoms with Crippen molar-refractivity contribution in [2.45, 2.75) is 19.4 Å².